The molecule has 8 heteroatoms. The van der Waals surface area contributed by atoms with E-state index in [1.807, 2.05) is 24.3 Å². The van der Waals surface area contributed by atoms with Crippen molar-refractivity contribution < 1.29 is 19.1 Å². The van der Waals surface area contributed by atoms with E-state index >= 15 is 0 Å². The highest BCUT2D eigenvalue weighted by atomic mass is 35.5. The Balaban J connectivity index is 1.32. The largest absolute Gasteiger partial charge is 0.496 e. The van der Waals surface area contributed by atoms with Crippen LogP contribution in [0.2, 0.25) is 5.02 Å². The zero-order chi connectivity index (χ0) is 25.2. The minimum atomic E-state index is -0.200. The van der Waals surface area contributed by atoms with Gasteiger partial charge in [-0.15, -0.1) is 0 Å². The van der Waals surface area contributed by atoms with Gasteiger partial charge >= 0.3 is 0 Å². The molecule has 0 spiro atoms. The van der Waals surface area contributed by atoms with Crippen molar-refractivity contribution in [2.45, 2.75) is 38.5 Å². The van der Waals surface area contributed by atoms with Crippen molar-refractivity contribution in [3.8, 4) is 11.5 Å². The summed E-state index contributed by atoms with van der Waals surface area (Å²) >= 11 is 6.08. The molecule has 0 aliphatic carbocycles. The number of rotatable bonds is 12. The number of carbonyl (C=O) groups excluding carboxylic acids is 2. The van der Waals surface area contributed by atoms with Crippen molar-refractivity contribution in [2.24, 2.45) is 5.92 Å². The summed E-state index contributed by atoms with van der Waals surface area (Å²) in [4.78, 5) is 27.6. The first-order chi connectivity index (χ1) is 16.9. The fraction of sp³-hybridized carbons (Fsp3) is 0.481. The molecule has 1 fully saturated rings. The molecule has 3 N–H and O–H groups in total. The number of nitrogens with one attached hydrogen (secondary N) is 1. The third-order valence-corrected chi connectivity index (χ3v) is 6.93. The number of hydrogen-bond acceptors (Lipinski definition) is 6. The third-order valence-electron chi connectivity index (χ3n) is 6.61. The first-order valence-corrected chi connectivity index (χ1v) is 12.6. The number of piperidine rings is 1. The zero-order valence-electron chi connectivity index (χ0n) is 20.6. The average Bonchev–Trinajstić information content (AvgIpc) is 2.88. The number of ether oxygens (including phenoxy) is 2. The molecular formula is C27H36ClN3O4. The van der Waals surface area contributed by atoms with E-state index in [-0.39, 0.29) is 11.7 Å². The van der Waals surface area contributed by atoms with Gasteiger partial charge in [0, 0.05) is 19.0 Å². The number of anilines is 1. The number of para-hydroxylation sites is 1. The van der Waals surface area contributed by atoms with E-state index in [2.05, 4.69) is 10.2 Å². The molecule has 0 bridgehead atoms. The van der Waals surface area contributed by atoms with Gasteiger partial charge in [0.2, 0.25) is 0 Å². The van der Waals surface area contributed by atoms with E-state index in [0.29, 0.717) is 52.2 Å². The van der Waals surface area contributed by atoms with Crippen LogP contribution in [-0.4, -0.2) is 57.0 Å². The van der Waals surface area contributed by atoms with E-state index in [0.717, 1.165) is 51.7 Å². The maximum absolute atomic E-state index is 12.6. The fourth-order valence-corrected chi connectivity index (χ4v) is 4.63. The van der Waals surface area contributed by atoms with Crippen molar-refractivity contribution >= 4 is 29.0 Å². The van der Waals surface area contributed by atoms with Gasteiger partial charge in [-0.1, -0.05) is 30.2 Å². The molecule has 3 rings (SSSR count). The number of nitrogen functional groups attached to an aromatic ring is 1. The SMILES string of the molecule is COc1ccccc1C(=O)CCCCCN1CCC(CNC(=O)c2cc(Cl)c(N)cc2OC)CC1. The summed E-state index contributed by atoms with van der Waals surface area (Å²) in [5.74, 6) is 1.46. The molecule has 2 aromatic carbocycles. The first-order valence-electron chi connectivity index (χ1n) is 12.2. The van der Waals surface area contributed by atoms with Gasteiger partial charge in [0.25, 0.3) is 5.91 Å². The van der Waals surface area contributed by atoms with Crippen LogP contribution in [0.1, 0.15) is 59.2 Å². The molecule has 35 heavy (non-hydrogen) atoms. The molecule has 2 aromatic rings. The summed E-state index contributed by atoms with van der Waals surface area (Å²) in [6.07, 6.45) is 5.64. The van der Waals surface area contributed by atoms with Gasteiger partial charge in [0.1, 0.15) is 11.5 Å². The normalized spacial score (nSPS) is 14.5. The maximum Gasteiger partial charge on any atom is 0.255 e. The van der Waals surface area contributed by atoms with Crippen LogP contribution >= 0.6 is 11.6 Å². The summed E-state index contributed by atoms with van der Waals surface area (Å²) in [7, 11) is 3.10. The molecule has 0 saturated carbocycles. The third kappa shape index (κ3) is 7.61. The number of likely N-dealkylation sites (tertiary alicyclic amines) is 1. The van der Waals surface area contributed by atoms with E-state index in [1.165, 1.54) is 7.11 Å². The van der Waals surface area contributed by atoms with Crippen LogP contribution in [0.4, 0.5) is 5.69 Å². The molecular weight excluding hydrogens is 466 g/mol. The van der Waals surface area contributed by atoms with Crippen molar-refractivity contribution in [3.05, 3.63) is 52.5 Å². The van der Waals surface area contributed by atoms with Gasteiger partial charge in [-0.3, -0.25) is 9.59 Å². The minimum Gasteiger partial charge on any atom is -0.496 e. The lowest BCUT2D eigenvalue weighted by Gasteiger charge is -2.32. The van der Waals surface area contributed by atoms with Gasteiger partial charge in [-0.25, -0.2) is 0 Å². The van der Waals surface area contributed by atoms with E-state index in [1.54, 1.807) is 19.2 Å². The Labute approximate surface area is 212 Å². The van der Waals surface area contributed by atoms with Crippen LogP contribution in [-0.2, 0) is 0 Å². The number of ketones is 1. The molecule has 1 saturated heterocycles. The second-order valence-corrected chi connectivity index (χ2v) is 9.41. The van der Waals surface area contributed by atoms with E-state index < -0.39 is 0 Å². The van der Waals surface area contributed by atoms with Crippen LogP contribution in [0.3, 0.4) is 0 Å². The molecule has 0 aromatic heterocycles. The molecule has 1 aliphatic rings. The van der Waals surface area contributed by atoms with Gasteiger partial charge in [0.05, 0.1) is 36.1 Å². The van der Waals surface area contributed by atoms with Crippen molar-refractivity contribution in [2.75, 3.05) is 46.1 Å². The Morgan fingerprint density at radius 3 is 2.46 bits per heavy atom. The van der Waals surface area contributed by atoms with Crippen molar-refractivity contribution in [1.82, 2.24) is 10.2 Å². The number of benzene rings is 2. The van der Waals surface area contributed by atoms with Crippen LogP contribution in [0.25, 0.3) is 0 Å². The number of nitrogens with zero attached hydrogens (tertiary/aromatic N) is 1. The van der Waals surface area contributed by atoms with Gasteiger partial charge < -0.3 is 25.4 Å². The Morgan fingerprint density at radius 2 is 1.74 bits per heavy atom. The highest BCUT2D eigenvalue weighted by Gasteiger charge is 2.21. The topological polar surface area (TPSA) is 93.9 Å². The zero-order valence-corrected chi connectivity index (χ0v) is 21.4. The number of carbonyl (C=O) groups is 2. The second-order valence-electron chi connectivity index (χ2n) is 9.00. The molecule has 1 heterocycles. The lowest BCUT2D eigenvalue weighted by Crippen LogP contribution is -2.39. The monoisotopic (exact) mass is 501 g/mol. The molecule has 0 unspecified atom stereocenters. The number of halogens is 1. The fourth-order valence-electron chi connectivity index (χ4n) is 4.47. The summed E-state index contributed by atoms with van der Waals surface area (Å²) in [5, 5.41) is 3.36. The number of nitrogens with two attached hydrogens (primary N) is 1. The Bertz CT molecular complexity index is 1010. The average molecular weight is 502 g/mol. The Kier molecular flexibility index (Phi) is 10.2. The Morgan fingerprint density at radius 1 is 1.03 bits per heavy atom. The van der Waals surface area contributed by atoms with E-state index in [9.17, 15) is 9.59 Å². The summed E-state index contributed by atoms with van der Waals surface area (Å²) in [5.41, 5.74) is 7.25. The van der Waals surface area contributed by atoms with Crippen LogP contribution in [0.15, 0.2) is 36.4 Å². The number of hydrogen-bond donors (Lipinski definition) is 2. The van der Waals surface area contributed by atoms with Crippen LogP contribution < -0.4 is 20.5 Å². The van der Waals surface area contributed by atoms with Crippen molar-refractivity contribution in [1.29, 1.82) is 0 Å². The smallest absolute Gasteiger partial charge is 0.255 e. The second kappa shape index (κ2) is 13.4. The molecule has 0 atom stereocenters. The van der Waals surface area contributed by atoms with E-state index in [4.69, 9.17) is 26.8 Å². The van der Waals surface area contributed by atoms with Gasteiger partial charge in [0.15, 0.2) is 5.78 Å². The van der Waals surface area contributed by atoms with Crippen LogP contribution in [0.5, 0.6) is 11.5 Å². The Hall–Kier alpha value is -2.77. The lowest BCUT2D eigenvalue weighted by atomic mass is 9.96. The van der Waals surface area contributed by atoms with Gasteiger partial charge in [-0.05, 0) is 69.4 Å². The van der Waals surface area contributed by atoms with Crippen molar-refractivity contribution in [3.63, 3.8) is 0 Å². The molecule has 190 valence electrons. The molecule has 0 radical (unpaired) electrons. The summed E-state index contributed by atoms with van der Waals surface area (Å²) < 4.78 is 10.6. The summed E-state index contributed by atoms with van der Waals surface area (Å²) in [6.45, 7) is 3.72. The number of methoxy groups -OCH3 is 2. The lowest BCUT2D eigenvalue weighted by molar-refractivity contribution is 0.0932. The molecule has 1 aliphatic heterocycles. The quantitative estimate of drug-likeness (QED) is 0.246. The highest BCUT2D eigenvalue weighted by molar-refractivity contribution is 6.33. The van der Waals surface area contributed by atoms with Gasteiger partial charge in [-0.2, -0.15) is 0 Å². The molecule has 1 amide bonds. The highest BCUT2D eigenvalue weighted by Crippen LogP contribution is 2.29. The first kappa shape index (κ1) is 26.8. The van der Waals surface area contributed by atoms with Crippen LogP contribution in [0, 0.1) is 5.92 Å². The molecule has 7 nitrogen and oxygen atoms in total. The minimum absolute atomic E-state index is 0.143. The summed E-state index contributed by atoms with van der Waals surface area (Å²) in [6, 6.07) is 10.5. The predicted octanol–water partition coefficient (Wildman–Crippen LogP) is 4.82. The number of amides is 1. The number of unbranched alkanes of at least 4 members (excludes halogenated alkanes) is 2. The maximum atomic E-state index is 12.6. The predicted molar refractivity (Wildman–Crippen MR) is 140 cm³/mol. The number of Topliss-reactive ketones (excluding diaryl/α,β-unsaturated/α-hetero) is 1. The standard InChI is InChI=1S/C27H36ClN3O4/c1-34-25-10-6-5-8-20(25)24(32)9-4-3-7-13-31-14-11-19(12-15-31)18-30-27(33)21-16-22(28)23(29)17-26(21)35-2/h5-6,8,10,16-17,19H,3-4,7,9,11-15,18,29H2,1-2H3,(H,30,33).